The van der Waals surface area contributed by atoms with E-state index in [9.17, 15) is 0 Å². The molecule has 3 nitrogen and oxygen atoms in total. The number of hydrogen-bond acceptors (Lipinski definition) is 3. The summed E-state index contributed by atoms with van der Waals surface area (Å²) in [5, 5.41) is 11.7. The van der Waals surface area contributed by atoms with Crippen LogP contribution in [0.15, 0.2) is 140 Å². The Labute approximate surface area is 242 Å². The van der Waals surface area contributed by atoms with Gasteiger partial charge in [0.1, 0.15) is 8.80 Å². The van der Waals surface area contributed by atoms with Crippen molar-refractivity contribution < 1.29 is 0 Å². The fourth-order valence-electron chi connectivity index (χ4n) is 6.67. The van der Waals surface area contributed by atoms with E-state index in [1.807, 2.05) is 0 Å². The molecular weight excluding hydrogens is 513 g/mol. The van der Waals surface area contributed by atoms with E-state index in [1.54, 1.807) is 0 Å². The largest absolute Gasteiger partial charge is 0.399 e. The Morgan fingerprint density at radius 2 is 1.07 bits per heavy atom. The molecule has 0 amide bonds. The zero-order valence-corrected chi connectivity index (χ0v) is 23.7. The van der Waals surface area contributed by atoms with Crippen molar-refractivity contribution in [2.75, 3.05) is 16.4 Å². The minimum Gasteiger partial charge on any atom is -0.399 e. The van der Waals surface area contributed by atoms with Crippen molar-refractivity contribution >= 4 is 75.9 Å². The van der Waals surface area contributed by atoms with E-state index >= 15 is 0 Å². The van der Waals surface area contributed by atoms with Crippen LogP contribution in [0.4, 0.5) is 28.4 Å². The second-order valence-corrected chi connectivity index (χ2v) is 13.8. The highest BCUT2D eigenvalue weighted by Crippen LogP contribution is 2.33. The standard InChI is InChI=1S/C36H28BN3Si/c38-26-21-34-36-35(22-26)40-33-20-25(24-10-4-1-5-11-24)16-18-30(33)37(36)31-23-29(17-19-32(31)39-34)41(27-12-6-2-7-13-27)28-14-8-3-9-15-28/h1-23,39-41H,38H2. The number of rotatable bonds is 4. The van der Waals surface area contributed by atoms with Crippen LogP contribution in [-0.2, 0) is 0 Å². The topological polar surface area (TPSA) is 50.1 Å². The molecular formula is C36H28BN3Si. The van der Waals surface area contributed by atoms with Crippen molar-refractivity contribution in [2.24, 2.45) is 0 Å². The van der Waals surface area contributed by atoms with Gasteiger partial charge in [-0.3, -0.25) is 0 Å². The molecule has 0 unspecified atom stereocenters. The Balaban J connectivity index is 1.32. The lowest BCUT2D eigenvalue weighted by molar-refractivity contribution is 1.51. The number of fused-ring (bicyclic) bond motifs is 4. The van der Waals surface area contributed by atoms with E-state index in [-0.39, 0.29) is 6.71 Å². The Hall–Kier alpha value is -5.00. The minimum absolute atomic E-state index is 0.110. The lowest BCUT2D eigenvalue weighted by atomic mass is 9.34. The molecule has 41 heavy (non-hydrogen) atoms. The maximum absolute atomic E-state index is 6.41. The molecule has 2 aliphatic heterocycles. The Bertz CT molecular complexity index is 1870. The monoisotopic (exact) mass is 541 g/mol. The average molecular weight is 542 g/mol. The summed E-state index contributed by atoms with van der Waals surface area (Å²) in [5.74, 6) is 0. The molecule has 0 saturated heterocycles. The van der Waals surface area contributed by atoms with Gasteiger partial charge in [0, 0.05) is 28.4 Å². The van der Waals surface area contributed by atoms with Crippen LogP contribution in [-0.4, -0.2) is 15.5 Å². The molecule has 2 heterocycles. The highest BCUT2D eigenvalue weighted by molar-refractivity contribution is 7.01. The van der Waals surface area contributed by atoms with E-state index in [1.165, 1.54) is 43.1 Å². The van der Waals surface area contributed by atoms with Crippen LogP contribution in [0.5, 0.6) is 0 Å². The van der Waals surface area contributed by atoms with Gasteiger partial charge in [-0.1, -0.05) is 131 Å². The molecule has 0 atom stereocenters. The summed E-state index contributed by atoms with van der Waals surface area (Å²) in [6.45, 7) is 0.110. The molecule has 0 aliphatic carbocycles. The van der Waals surface area contributed by atoms with Crippen LogP contribution < -0.4 is 48.3 Å². The smallest absolute Gasteiger partial charge is 0.252 e. The summed E-state index contributed by atoms with van der Waals surface area (Å²) in [7, 11) is -1.68. The van der Waals surface area contributed by atoms with Gasteiger partial charge in [0.25, 0.3) is 6.71 Å². The van der Waals surface area contributed by atoms with Crippen molar-refractivity contribution in [2.45, 2.75) is 0 Å². The zero-order chi connectivity index (χ0) is 27.3. The number of anilines is 5. The van der Waals surface area contributed by atoms with Gasteiger partial charge in [0.05, 0.1) is 0 Å². The van der Waals surface area contributed by atoms with Crippen LogP contribution in [0.2, 0.25) is 0 Å². The molecule has 6 aromatic carbocycles. The summed E-state index contributed by atoms with van der Waals surface area (Å²) in [4.78, 5) is 0. The quantitative estimate of drug-likeness (QED) is 0.181. The number of nitrogen functional groups attached to an aromatic ring is 1. The average Bonchev–Trinajstić information content (AvgIpc) is 3.02. The Morgan fingerprint density at radius 3 is 1.73 bits per heavy atom. The van der Waals surface area contributed by atoms with Gasteiger partial charge in [0.15, 0.2) is 0 Å². The highest BCUT2D eigenvalue weighted by Gasteiger charge is 2.38. The van der Waals surface area contributed by atoms with Gasteiger partial charge < -0.3 is 16.4 Å². The molecule has 0 fully saturated rings. The van der Waals surface area contributed by atoms with Crippen molar-refractivity contribution in [1.29, 1.82) is 0 Å². The third kappa shape index (κ3) is 4.05. The van der Waals surface area contributed by atoms with E-state index in [0.29, 0.717) is 0 Å². The second-order valence-electron chi connectivity index (χ2n) is 11.0. The van der Waals surface area contributed by atoms with E-state index in [4.69, 9.17) is 5.73 Å². The first kappa shape index (κ1) is 23.9. The normalized spacial score (nSPS) is 12.6. The first-order chi connectivity index (χ1) is 20.2. The number of nitrogens with one attached hydrogen (secondary N) is 2. The van der Waals surface area contributed by atoms with Gasteiger partial charge in [0.2, 0.25) is 0 Å². The maximum Gasteiger partial charge on any atom is 0.252 e. The fraction of sp³-hybridized carbons (Fsp3) is 0. The zero-order valence-electron chi connectivity index (χ0n) is 22.5. The lowest BCUT2D eigenvalue weighted by Crippen LogP contribution is -2.61. The summed E-state index contributed by atoms with van der Waals surface area (Å²) in [6, 6.07) is 50.7. The molecule has 0 spiro atoms. The number of hydrogen-bond donors (Lipinski definition) is 3. The van der Waals surface area contributed by atoms with Crippen LogP contribution in [0.1, 0.15) is 0 Å². The van der Waals surface area contributed by atoms with E-state index < -0.39 is 8.80 Å². The second kappa shape index (κ2) is 9.58. The van der Waals surface area contributed by atoms with Gasteiger partial charge in [-0.25, -0.2) is 0 Å². The van der Waals surface area contributed by atoms with Crippen LogP contribution in [0.25, 0.3) is 11.1 Å². The molecule has 0 aromatic heterocycles. The fourth-order valence-corrected chi connectivity index (χ4v) is 9.67. The summed E-state index contributed by atoms with van der Waals surface area (Å²) in [6.07, 6.45) is 0. The van der Waals surface area contributed by atoms with Gasteiger partial charge >= 0.3 is 0 Å². The van der Waals surface area contributed by atoms with Gasteiger partial charge in [-0.05, 0) is 51.8 Å². The molecule has 6 aromatic rings. The lowest BCUT2D eigenvalue weighted by Gasteiger charge is -2.36. The Kier molecular flexibility index (Phi) is 5.57. The predicted octanol–water partition coefficient (Wildman–Crippen LogP) is 3.81. The highest BCUT2D eigenvalue weighted by atomic mass is 28.3. The summed E-state index contributed by atoms with van der Waals surface area (Å²) < 4.78 is 0. The van der Waals surface area contributed by atoms with E-state index in [0.717, 1.165) is 28.4 Å². The van der Waals surface area contributed by atoms with Crippen molar-refractivity contribution in [1.82, 2.24) is 0 Å². The molecule has 0 bridgehead atoms. The van der Waals surface area contributed by atoms with Crippen molar-refractivity contribution in [3.05, 3.63) is 140 Å². The molecule has 0 radical (unpaired) electrons. The van der Waals surface area contributed by atoms with E-state index in [2.05, 4.69) is 150 Å². The van der Waals surface area contributed by atoms with Gasteiger partial charge in [-0.2, -0.15) is 0 Å². The number of benzene rings is 6. The molecule has 4 N–H and O–H groups in total. The maximum atomic E-state index is 6.41. The molecule has 2 aliphatic rings. The predicted molar refractivity (Wildman–Crippen MR) is 179 cm³/mol. The molecule has 8 rings (SSSR count). The molecule has 5 heteroatoms. The first-order valence-corrected chi connectivity index (χ1v) is 15.9. The van der Waals surface area contributed by atoms with Crippen molar-refractivity contribution in [3.63, 3.8) is 0 Å². The van der Waals surface area contributed by atoms with Crippen molar-refractivity contribution in [3.8, 4) is 11.1 Å². The third-order valence-corrected chi connectivity index (χ3v) is 11.6. The number of nitrogens with two attached hydrogens (primary N) is 1. The molecule has 0 saturated carbocycles. The van der Waals surface area contributed by atoms with Crippen LogP contribution in [0, 0.1) is 0 Å². The molecule has 194 valence electrons. The Morgan fingerprint density at radius 1 is 0.463 bits per heavy atom. The van der Waals surface area contributed by atoms with Crippen LogP contribution >= 0.6 is 0 Å². The summed E-state index contributed by atoms with van der Waals surface area (Å²) >= 11 is 0. The minimum atomic E-state index is -1.68. The third-order valence-electron chi connectivity index (χ3n) is 8.49. The first-order valence-electron chi connectivity index (χ1n) is 14.1. The van der Waals surface area contributed by atoms with Gasteiger partial charge in [-0.15, -0.1) is 0 Å². The summed E-state index contributed by atoms with van der Waals surface area (Å²) in [5.41, 5.74) is 17.9. The SMILES string of the molecule is Nc1cc2c3c(c1)Nc1ccc([SiH](c4ccccc4)c4ccccc4)cc1B3c1ccc(-c3ccccc3)cc1N2. The van der Waals surface area contributed by atoms with Crippen LogP contribution in [0.3, 0.4) is 0 Å².